The molecule has 0 atom stereocenters. The highest BCUT2D eigenvalue weighted by molar-refractivity contribution is 8.01. The molecule has 1 heterocycles. The van der Waals surface area contributed by atoms with E-state index in [1.165, 1.54) is 35.2 Å². The number of nitrogens with zero attached hydrogens (tertiary/aromatic N) is 2. The molecule has 1 amide bonds. The summed E-state index contributed by atoms with van der Waals surface area (Å²) in [6.45, 7) is 1.63. The molecule has 0 aliphatic rings. The lowest BCUT2D eigenvalue weighted by Crippen LogP contribution is -2.24. The largest absolute Gasteiger partial charge is 0.383 e. The van der Waals surface area contributed by atoms with Crippen LogP contribution in [-0.4, -0.2) is 42.1 Å². The summed E-state index contributed by atoms with van der Waals surface area (Å²) in [6.07, 6.45) is 0. The first kappa shape index (κ1) is 17.6. The maximum Gasteiger partial charge on any atom is 0.230 e. The van der Waals surface area contributed by atoms with E-state index in [4.69, 9.17) is 4.74 Å². The van der Waals surface area contributed by atoms with Crippen molar-refractivity contribution in [2.24, 2.45) is 0 Å². The molecule has 6 nitrogen and oxygen atoms in total. The summed E-state index contributed by atoms with van der Waals surface area (Å²) in [5, 5.41) is 14.5. The molecule has 2 aromatic rings. The number of hydrogen-bond acceptors (Lipinski definition) is 7. The van der Waals surface area contributed by atoms with Crippen LogP contribution in [0.1, 0.15) is 5.56 Å². The molecule has 0 radical (unpaired) electrons. The van der Waals surface area contributed by atoms with Gasteiger partial charge >= 0.3 is 0 Å². The predicted octanol–water partition coefficient (Wildman–Crippen LogP) is 2.14. The highest BCUT2D eigenvalue weighted by Gasteiger charge is 2.08. The Morgan fingerprint density at radius 1 is 1.35 bits per heavy atom. The Balaban J connectivity index is 1.68. The van der Waals surface area contributed by atoms with Gasteiger partial charge in [-0.1, -0.05) is 35.2 Å². The Morgan fingerprint density at radius 3 is 2.87 bits per heavy atom. The molecule has 0 aliphatic carbocycles. The molecule has 1 aromatic carbocycles. The SMILES string of the molecule is COCCNc1nnc(SCC(=O)NCc2ccc(F)cc2)s1. The number of aromatic nitrogens is 2. The first-order valence-electron chi connectivity index (χ1n) is 6.87. The molecule has 2 N–H and O–H groups in total. The van der Waals surface area contributed by atoms with Crippen molar-refractivity contribution in [2.45, 2.75) is 10.9 Å². The molecule has 23 heavy (non-hydrogen) atoms. The average Bonchev–Trinajstić information content (AvgIpc) is 3.00. The van der Waals surface area contributed by atoms with Crippen LogP contribution in [0.5, 0.6) is 0 Å². The molecule has 0 saturated carbocycles. The van der Waals surface area contributed by atoms with E-state index in [-0.39, 0.29) is 17.5 Å². The summed E-state index contributed by atoms with van der Waals surface area (Å²) in [6, 6.07) is 6.03. The number of carbonyl (C=O) groups is 1. The summed E-state index contributed by atoms with van der Waals surface area (Å²) in [5.41, 5.74) is 0.852. The van der Waals surface area contributed by atoms with E-state index in [0.717, 1.165) is 9.90 Å². The second-order valence-electron chi connectivity index (χ2n) is 4.48. The number of anilines is 1. The third-order valence-electron chi connectivity index (χ3n) is 2.72. The third-order valence-corrected chi connectivity index (χ3v) is 4.73. The fourth-order valence-electron chi connectivity index (χ4n) is 1.58. The fourth-order valence-corrected chi connectivity index (χ4v) is 3.19. The minimum absolute atomic E-state index is 0.108. The van der Waals surface area contributed by atoms with Crippen molar-refractivity contribution in [1.82, 2.24) is 15.5 Å². The molecule has 0 aliphatic heterocycles. The van der Waals surface area contributed by atoms with Crippen molar-refractivity contribution >= 4 is 34.1 Å². The zero-order valence-corrected chi connectivity index (χ0v) is 14.2. The second-order valence-corrected chi connectivity index (χ2v) is 6.68. The Kier molecular flexibility index (Phi) is 7.24. The molecule has 0 fully saturated rings. The number of thioether (sulfide) groups is 1. The van der Waals surface area contributed by atoms with E-state index in [1.54, 1.807) is 19.2 Å². The highest BCUT2D eigenvalue weighted by Crippen LogP contribution is 2.25. The third kappa shape index (κ3) is 6.51. The van der Waals surface area contributed by atoms with Gasteiger partial charge in [0.25, 0.3) is 0 Å². The van der Waals surface area contributed by atoms with Crippen LogP contribution >= 0.6 is 23.1 Å². The molecule has 0 saturated heterocycles. The number of nitrogens with one attached hydrogen (secondary N) is 2. The van der Waals surface area contributed by atoms with Crippen molar-refractivity contribution in [3.63, 3.8) is 0 Å². The van der Waals surface area contributed by atoms with Gasteiger partial charge in [0.15, 0.2) is 4.34 Å². The quantitative estimate of drug-likeness (QED) is 0.530. The summed E-state index contributed by atoms with van der Waals surface area (Å²) in [4.78, 5) is 11.8. The lowest BCUT2D eigenvalue weighted by atomic mass is 10.2. The van der Waals surface area contributed by atoms with Gasteiger partial charge in [-0.3, -0.25) is 4.79 Å². The van der Waals surface area contributed by atoms with E-state index in [9.17, 15) is 9.18 Å². The predicted molar refractivity (Wildman–Crippen MR) is 89.2 cm³/mol. The van der Waals surface area contributed by atoms with Gasteiger partial charge in [0.05, 0.1) is 12.4 Å². The zero-order chi connectivity index (χ0) is 16.5. The van der Waals surface area contributed by atoms with Crippen LogP contribution in [0.25, 0.3) is 0 Å². The zero-order valence-electron chi connectivity index (χ0n) is 12.5. The van der Waals surface area contributed by atoms with E-state index < -0.39 is 0 Å². The topological polar surface area (TPSA) is 76.1 Å². The second kappa shape index (κ2) is 9.43. The first-order chi connectivity index (χ1) is 11.2. The number of carbonyl (C=O) groups excluding carboxylic acids is 1. The minimum Gasteiger partial charge on any atom is -0.383 e. The van der Waals surface area contributed by atoms with Gasteiger partial charge in [0.1, 0.15) is 5.82 Å². The van der Waals surface area contributed by atoms with Gasteiger partial charge in [-0.25, -0.2) is 4.39 Å². The van der Waals surface area contributed by atoms with E-state index in [2.05, 4.69) is 20.8 Å². The summed E-state index contributed by atoms with van der Waals surface area (Å²) in [5.74, 6) is -0.140. The Labute approximate surface area is 141 Å². The Morgan fingerprint density at radius 2 is 2.13 bits per heavy atom. The number of ether oxygens (including phenoxy) is 1. The van der Waals surface area contributed by atoms with Crippen LogP contribution in [0.2, 0.25) is 0 Å². The number of amides is 1. The Bertz CT molecular complexity index is 621. The summed E-state index contributed by atoms with van der Waals surface area (Å²) >= 11 is 2.72. The molecular formula is C14H17FN4O2S2. The van der Waals surface area contributed by atoms with Gasteiger partial charge in [-0.2, -0.15) is 0 Å². The highest BCUT2D eigenvalue weighted by atomic mass is 32.2. The number of rotatable bonds is 9. The normalized spacial score (nSPS) is 10.5. The van der Waals surface area contributed by atoms with Crippen molar-refractivity contribution in [2.75, 3.05) is 31.3 Å². The van der Waals surface area contributed by atoms with Crippen LogP contribution in [0, 0.1) is 5.82 Å². The maximum absolute atomic E-state index is 12.8. The summed E-state index contributed by atoms with van der Waals surface area (Å²) < 4.78 is 18.4. The fraction of sp³-hybridized carbons (Fsp3) is 0.357. The van der Waals surface area contributed by atoms with Gasteiger partial charge in [-0.05, 0) is 17.7 Å². The van der Waals surface area contributed by atoms with Gasteiger partial charge in [0.2, 0.25) is 11.0 Å². The first-order valence-corrected chi connectivity index (χ1v) is 8.68. The van der Waals surface area contributed by atoms with Crippen molar-refractivity contribution in [3.8, 4) is 0 Å². The average molecular weight is 356 g/mol. The maximum atomic E-state index is 12.8. The van der Waals surface area contributed by atoms with Crippen molar-refractivity contribution in [1.29, 1.82) is 0 Å². The van der Waals surface area contributed by atoms with E-state index in [1.807, 2.05) is 0 Å². The Hall–Kier alpha value is -1.71. The molecule has 124 valence electrons. The molecule has 0 spiro atoms. The van der Waals surface area contributed by atoms with E-state index in [0.29, 0.717) is 24.8 Å². The van der Waals surface area contributed by atoms with Crippen molar-refractivity contribution < 1.29 is 13.9 Å². The molecule has 0 unspecified atom stereocenters. The lowest BCUT2D eigenvalue weighted by Gasteiger charge is -2.04. The number of halogens is 1. The monoisotopic (exact) mass is 356 g/mol. The molecule has 9 heteroatoms. The smallest absolute Gasteiger partial charge is 0.230 e. The molecular weight excluding hydrogens is 339 g/mol. The van der Waals surface area contributed by atoms with Crippen LogP contribution in [-0.2, 0) is 16.1 Å². The van der Waals surface area contributed by atoms with Crippen molar-refractivity contribution in [3.05, 3.63) is 35.6 Å². The molecule has 1 aromatic heterocycles. The van der Waals surface area contributed by atoms with Crippen LogP contribution in [0.15, 0.2) is 28.6 Å². The van der Waals surface area contributed by atoms with Gasteiger partial charge in [0, 0.05) is 20.2 Å². The summed E-state index contributed by atoms with van der Waals surface area (Å²) in [7, 11) is 1.63. The van der Waals surface area contributed by atoms with Crippen LogP contribution in [0.4, 0.5) is 9.52 Å². The number of benzene rings is 1. The van der Waals surface area contributed by atoms with Gasteiger partial charge < -0.3 is 15.4 Å². The molecule has 2 rings (SSSR count). The number of hydrogen-bond donors (Lipinski definition) is 2. The van der Waals surface area contributed by atoms with E-state index >= 15 is 0 Å². The lowest BCUT2D eigenvalue weighted by molar-refractivity contribution is -0.118. The van der Waals surface area contributed by atoms with Crippen LogP contribution in [0.3, 0.4) is 0 Å². The van der Waals surface area contributed by atoms with Crippen LogP contribution < -0.4 is 10.6 Å². The standard InChI is InChI=1S/C14H17FN4O2S2/c1-21-7-6-16-13-18-19-14(23-13)22-9-12(20)17-8-10-2-4-11(15)5-3-10/h2-5H,6-9H2,1H3,(H,16,18)(H,17,20). The molecule has 0 bridgehead atoms. The number of methoxy groups -OCH3 is 1. The minimum atomic E-state index is -0.290. The van der Waals surface area contributed by atoms with Gasteiger partial charge in [-0.15, -0.1) is 10.2 Å².